The summed E-state index contributed by atoms with van der Waals surface area (Å²) in [7, 11) is 2.18. The molecule has 1 saturated heterocycles. The van der Waals surface area contributed by atoms with Gasteiger partial charge in [-0.25, -0.2) is 9.97 Å². The second-order valence-corrected chi connectivity index (χ2v) is 11.7. The molecule has 3 aromatic rings. The van der Waals surface area contributed by atoms with Crippen LogP contribution in [0.5, 0.6) is 0 Å². The summed E-state index contributed by atoms with van der Waals surface area (Å²) >= 11 is 0. The van der Waals surface area contributed by atoms with Gasteiger partial charge in [0.25, 0.3) is 0 Å². The predicted molar refractivity (Wildman–Crippen MR) is 163 cm³/mol. The molecule has 0 radical (unpaired) electrons. The SMILES string of the molecule is Cc1ccc(NC(=O)CC2CCCC2)cc1N1CCc2nc(Nc3ccc(N4CCN(C)CC4)cc3)ncc2C1. The molecular formula is C32H41N7O. The van der Waals surface area contributed by atoms with Crippen molar-refractivity contribution in [2.75, 3.05) is 60.2 Å². The number of piperazine rings is 1. The van der Waals surface area contributed by atoms with Gasteiger partial charge in [0.1, 0.15) is 0 Å². The van der Waals surface area contributed by atoms with E-state index in [9.17, 15) is 4.79 Å². The number of hydrogen-bond acceptors (Lipinski definition) is 7. The second-order valence-electron chi connectivity index (χ2n) is 11.7. The molecule has 0 atom stereocenters. The number of benzene rings is 2. The molecule has 2 N–H and O–H groups in total. The molecule has 1 saturated carbocycles. The van der Waals surface area contributed by atoms with Crippen LogP contribution in [0.3, 0.4) is 0 Å². The first kappa shape index (κ1) is 26.6. The summed E-state index contributed by atoms with van der Waals surface area (Å²) in [6.45, 7) is 8.09. The number of hydrogen-bond donors (Lipinski definition) is 2. The summed E-state index contributed by atoms with van der Waals surface area (Å²) in [5.41, 5.74) is 7.75. The summed E-state index contributed by atoms with van der Waals surface area (Å²) in [5, 5.41) is 6.54. The van der Waals surface area contributed by atoms with E-state index in [1.54, 1.807) is 0 Å². The van der Waals surface area contributed by atoms with Gasteiger partial charge in [0.05, 0.1) is 5.69 Å². The molecule has 1 aromatic heterocycles. The lowest BCUT2D eigenvalue weighted by Crippen LogP contribution is -2.44. The van der Waals surface area contributed by atoms with Gasteiger partial charge in [0.15, 0.2) is 0 Å². The lowest BCUT2D eigenvalue weighted by Gasteiger charge is -2.34. The number of anilines is 5. The minimum absolute atomic E-state index is 0.132. The lowest BCUT2D eigenvalue weighted by atomic mass is 10.0. The predicted octanol–water partition coefficient (Wildman–Crippen LogP) is 5.36. The molecule has 40 heavy (non-hydrogen) atoms. The Balaban J connectivity index is 1.08. The molecule has 0 unspecified atom stereocenters. The monoisotopic (exact) mass is 539 g/mol. The van der Waals surface area contributed by atoms with Gasteiger partial charge in [-0.3, -0.25) is 4.79 Å². The smallest absolute Gasteiger partial charge is 0.227 e. The number of rotatable bonds is 7. The van der Waals surface area contributed by atoms with E-state index < -0.39 is 0 Å². The molecule has 2 aromatic carbocycles. The van der Waals surface area contributed by atoms with Gasteiger partial charge >= 0.3 is 0 Å². The fraction of sp³-hybridized carbons (Fsp3) is 0.469. The minimum Gasteiger partial charge on any atom is -0.369 e. The van der Waals surface area contributed by atoms with E-state index in [4.69, 9.17) is 4.98 Å². The largest absolute Gasteiger partial charge is 0.369 e. The first-order chi connectivity index (χ1) is 19.5. The van der Waals surface area contributed by atoms with Gasteiger partial charge in [-0.1, -0.05) is 18.9 Å². The second kappa shape index (κ2) is 11.8. The highest BCUT2D eigenvalue weighted by Gasteiger charge is 2.22. The van der Waals surface area contributed by atoms with Crippen LogP contribution in [0.1, 0.15) is 48.9 Å². The van der Waals surface area contributed by atoms with Crippen molar-refractivity contribution in [2.45, 2.75) is 52.0 Å². The first-order valence-corrected chi connectivity index (χ1v) is 14.8. The lowest BCUT2D eigenvalue weighted by molar-refractivity contribution is -0.117. The van der Waals surface area contributed by atoms with Gasteiger partial charge in [0, 0.05) is 86.6 Å². The average Bonchev–Trinajstić information content (AvgIpc) is 3.48. The Labute approximate surface area is 237 Å². The summed E-state index contributed by atoms with van der Waals surface area (Å²) in [4.78, 5) is 29.3. The van der Waals surface area contributed by atoms with Crippen molar-refractivity contribution < 1.29 is 4.79 Å². The number of likely N-dealkylation sites (N-methyl/N-ethyl adjacent to an activating group) is 1. The quantitative estimate of drug-likeness (QED) is 0.419. The molecule has 2 fully saturated rings. The van der Waals surface area contributed by atoms with Gasteiger partial charge in [-0.05, 0) is 74.7 Å². The van der Waals surface area contributed by atoms with Gasteiger partial charge < -0.3 is 25.3 Å². The van der Waals surface area contributed by atoms with Crippen LogP contribution in [-0.2, 0) is 17.8 Å². The topological polar surface area (TPSA) is 76.6 Å². The molecule has 1 aliphatic carbocycles. The first-order valence-electron chi connectivity index (χ1n) is 14.8. The van der Waals surface area contributed by atoms with Crippen molar-refractivity contribution in [3.63, 3.8) is 0 Å². The van der Waals surface area contributed by atoms with Crippen LogP contribution in [0, 0.1) is 12.8 Å². The molecule has 1 amide bonds. The number of nitrogens with one attached hydrogen (secondary N) is 2. The normalized spacial score (nSPS) is 18.1. The van der Waals surface area contributed by atoms with Crippen LogP contribution in [0.25, 0.3) is 0 Å². The third-order valence-electron chi connectivity index (χ3n) is 8.71. The van der Waals surface area contributed by atoms with Crippen molar-refractivity contribution in [2.24, 2.45) is 5.92 Å². The van der Waals surface area contributed by atoms with E-state index in [0.717, 1.165) is 74.0 Å². The number of carbonyl (C=O) groups is 1. The van der Waals surface area contributed by atoms with Crippen LogP contribution in [-0.4, -0.2) is 60.5 Å². The summed E-state index contributed by atoms with van der Waals surface area (Å²) in [6.07, 6.45) is 8.33. The van der Waals surface area contributed by atoms with E-state index in [0.29, 0.717) is 18.3 Å². The zero-order valence-electron chi connectivity index (χ0n) is 23.8. The maximum atomic E-state index is 12.6. The molecule has 8 nitrogen and oxygen atoms in total. The molecule has 6 rings (SSSR count). The number of aryl methyl sites for hydroxylation is 1. The molecule has 2 aliphatic heterocycles. The van der Waals surface area contributed by atoms with Crippen LogP contribution in [0.2, 0.25) is 0 Å². The maximum absolute atomic E-state index is 12.6. The van der Waals surface area contributed by atoms with E-state index in [-0.39, 0.29) is 5.91 Å². The van der Waals surface area contributed by atoms with Crippen molar-refractivity contribution in [3.8, 4) is 0 Å². The fourth-order valence-electron chi connectivity index (χ4n) is 6.25. The van der Waals surface area contributed by atoms with E-state index in [1.807, 2.05) is 12.3 Å². The van der Waals surface area contributed by atoms with E-state index in [1.165, 1.54) is 36.9 Å². The summed E-state index contributed by atoms with van der Waals surface area (Å²) in [5.74, 6) is 1.32. The van der Waals surface area contributed by atoms with Gasteiger partial charge in [-0.15, -0.1) is 0 Å². The van der Waals surface area contributed by atoms with Crippen LogP contribution >= 0.6 is 0 Å². The molecule has 0 spiro atoms. The highest BCUT2D eigenvalue weighted by molar-refractivity contribution is 5.91. The van der Waals surface area contributed by atoms with E-state index >= 15 is 0 Å². The van der Waals surface area contributed by atoms with E-state index in [2.05, 4.69) is 80.7 Å². The number of amides is 1. The summed E-state index contributed by atoms with van der Waals surface area (Å²) in [6, 6.07) is 14.8. The molecule has 3 heterocycles. The zero-order valence-corrected chi connectivity index (χ0v) is 23.8. The molecule has 0 bridgehead atoms. The molecule has 210 valence electrons. The highest BCUT2D eigenvalue weighted by atomic mass is 16.1. The average molecular weight is 540 g/mol. The molecular weight excluding hydrogens is 498 g/mol. The van der Waals surface area contributed by atoms with Crippen LogP contribution < -0.4 is 20.4 Å². The number of aromatic nitrogens is 2. The Morgan fingerprint density at radius 2 is 1.70 bits per heavy atom. The number of nitrogens with zero attached hydrogens (tertiary/aromatic N) is 5. The standard InChI is InChI=1S/C32H41N7O/c1-23-7-8-27(34-31(40)19-24-5-3-4-6-24)20-30(23)39-14-13-29-25(22-39)21-33-32(36-29)35-26-9-11-28(12-10-26)38-17-15-37(2)16-18-38/h7-12,20-21,24H,3-6,13-19,22H2,1-2H3,(H,34,40)(H,33,35,36). The van der Waals surface area contributed by atoms with Crippen LogP contribution in [0.4, 0.5) is 28.7 Å². The Hall–Kier alpha value is -3.65. The van der Waals surface area contributed by atoms with Gasteiger partial charge in [0.2, 0.25) is 11.9 Å². The van der Waals surface area contributed by atoms with Crippen molar-refractivity contribution in [1.29, 1.82) is 0 Å². The zero-order chi connectivity index (χ0) is 27.5. The third kappa shape index (κ3) is 6.22. The van der Waals surface area contributed by atoms with Crippen LogP contribution in [0.15, 0.2) is 48.7 Å². The Kier molecular flexibility index (Phi) is 7.86. The van der Waals surface area contributed by atoms with Crippen molar-refractivity contribution in [3.05, 3.63) is 65.5 Å². The molecule has 3 aliphatic rings. The maximum Gasteiger partial charge on any atom is 0.227 e. The fourth-order valence-corrected chi connectivity index (χ4v) is 6.25. The minimum atomic E-state index is 0.132. The number of fused-ring (bicyclic) bond motifs is 1. The third-order valence-corrected chi connectivity index (χ3v) is 8.71. The Morgan fingerprint density at radius 1 is 0.950 bits per heavy atom. The Morgan fingerprint density at radius 3 is 2.48 bits per heavy atom. The summed E-state index contributed by atoms with van der Waals surface area (Å²) < 4.78 is 0. The van der Waals surface area contributed by atoms with Crippen molar-refractivity contribution in [1.82, 2.24) is 14.9 Å². The van der Waals surface area contributed by atoms with Crippen molar-refractivity contribution >= 4 is 34.6 Å². The Bertz CT molecular complexity index is 1330. The number of carbonyl (C=O) groups excluding carboxylic acids is 1. The highest BCUT2D eigenvalue weighted by Crippen LogP contribution is 2.31. The molecule has 8 heteroatoms. The van der Waals surface area contributed by atoms with Gasteiger partial charge in [-0.2, -0.15) is 0 Å².